The van der Waals surface area contributed by atoms with Crippen molar-refractivity contribution < 1.29 is 0 Å². The lowest BCUT2D eigenvalue weighted by molar-refractivity contribution is 0.599. The fourth-order valence-electron chi connectivity index (χ4n) is 2.30. The lowest BCUT2D eigenvalue weighted by Gasteiger charge is -2.18. The Hall–Kier alpha value is -0.860. The molecule has 1 aromatic heterocycles. The monoisotopic (exact) mass is 250 g/mol. The Morgan fingerprint density at radius 3 is 2.88 bits per heavy atom. The quantitative estimate of drug-likeness (QED) is 0.806. The predicted octanol–water partition coefficient (Wildman–Crippen LogP) is 4.02. The van der Waals surface area contributed by atoms with Crippen LogP contribution in [0.2, 0.25) is 5.02 Å². The number of hydrogen-bond acceptors (Lipinski definition) is 2. The van der Waals surface area contributed by atoms with E-state index in [-0.39, 0.29) is 6.04 Å². The fraction of sp³-hybridized carbons (Fsp3) is 0.500. The summed E-state index contributed by atoms with van der Waals surface area (Å²) in [5.74, 6) is 0. The van der Waals surface area contributed by atoms with Gasteiger partial charge in [0.2, 0.25) is 0 Å². The fourth-order valence-corrected chi connectivity index (χ4v) is 2.54. The van der Waals surface area contributed by atoms with Crippen molar-refractivity contribution in [3.8, 4) is 0 Å². The molecule has 1 aromatic rings. The zero-order valence-corrected chi connectivity index (χ0v) is 10.8. The minimum Gasteiger partial charge on any atom is -0.319 e. The van der Waals surface area contributed by atoms with Gasteiger partial charge in [-0.25, -0.2) is 0 Å². The van der Waals surface area contributed by atoms with Crippen molar-refractivity contribution in [2.75, 3.05) is 0 Å². The van der Waals surface area contributed by atoms with Crippen molar-refractivity contribution in [1.29, 1.82) is 0 Å². The first-order valence-corrected chi connectivity index (χ1v) is 6.72. The number of rotatable bonds is 2. The van der Waals surface area contributed by atoms with Gasteiger partial charge in [-0.05, 0) is 37.8 Å². The van der Waals surface area contributed by atoms with Crippen LogP contribution in [-0.4, -0.2) is 4.98 Å². The average molecular weight is 251 g/mol. The predicted molar refractivity (Wildman–Crippen MR) is 72.0 cm³/mol. The molecule has 2 rings (SSSR count). The smallest absolute Gasteiger partial charge is 0.0798 e. The lowest BCUT2D eigenvalue weighted by Crippen LogP contribution is -2.16. The van der Waals surface area contributed by atoms with Crippen molar-refractivity contribution >= 4 is 11.6 Å². The van der Waals surface area contributed by atoms with Crippen LogP contribution in [0.5, 0.6) is 0 Å². The van der Waals surface area contributed by atoms with Gasteiger partial charge in [-0.3, -0.25) is 4.98 Å². The molecule has 2 N–H and O–H groups in total. The third-order valence-electron chi connectivity index (χ3n) is 3.31. The Morgan fingerprint density at radius 2 is 2.06 bits per heavy atom. The van der Waals surface area contributed by atoms with E-state index < -0.39 is 0 Å². The molecule has 3 heteroatoms. The molecule has 1 heterocycles. The van der Waals surface area contributed by atoms with Gasteiger partial charge in [0.1, 0.15) is 0 Å². The van der Waals surface area contributed by atoms with Crippen LogP contribution in [0.25, 0.3) is 0 Å². The summed E-state index contributed by atoms with van der Waals surface area (Å²) < 4.78 is 0. The number of nitrogens with zero attached hydrogens (tertiary/aromatic N) is 1. The minimum atomic E-state index is -0.137. The van der Waals surface area contributed by atoms with E-state index in [1.54, 1.807) is 6.20 Å². The van der Waals surface area contributed by atoms with Gasteiger partial charge >= 0.3 is 0 Å². The maximum atomic E-state index is 6.28. The highest BCUT2D eigenvalue weighted by atomic mass is 35.5. The van der Waals surface area contributed by atoms with E-state index in [2.05, 4.69) is 11.1 Å². The van der Waals surface area contributed by atoms with Crippen LogP contribution >= 0.6 is 11.6 Å². The van der Waals surface area contributed by atoms with Crippen molar-refractivity contribution in [3.05, 3.63) is 40.7 Å². The summed E-state index contributed by atoms with van der Waals surface area (Å²) in [5, 5.41) is 0.669. The molecule has 1 aliphatic rings. The maximum Gasteiger partial charge on any atom is 0.0798 e. The molecule has 0 saturated carbocycles. The molecule has 92 valence electrons. The summed E-state index contributed by atoms with van der Waals surface area (Å²) >= 11 is 6.14. The molecule has 1 aliphatic carbocycles. The average Bonchev–Trinajstić information content (AvgIpc) is 2.28. The summed E-state index contributed by atoms with van der Waals surface area (Å²) in [5.41, 5.74) is 8.38. The second kappa shape index (κ2) is 6.18. The Bertz CT molecular complexity index is 401. The molecule has 17 heavy (non-hydrogen) atoms. The number of nitrogens with two attached hydrogens (primary N) is 1. The molecule has 0 fully saturated rings. The van der Waals surface area contributed by atoms with Crippen molar-refractivity contribution in [2.24, 2.45) is 5.73 Å². The van der Waals surface area contributed by atoms with Crippen LogP contribution in [0.1, 0.15) is 50.3 Å². The minimum absolute atomic E-state index is 0.137. The van der Waals surface area contributed by atoms with Crippen molar-refractivity contribution in [1.82, 2.24) is 4.98 Å². The summed E-state index contributed by atoms with van der Waals surface area (Å²) in [6.07, 6.45) is 11.4. The zero-order chi connectivity index (χ0) is 12.1. The molecule has 0 spiro atoms. The van der Waals surface area contributed by atoms with Gasteiger partial charge in [0.25, 0.3) is 0 Å². The number of pyridine rings is 1. The normalized spacial score (nSPS) is 22.1. The molecule has 0 saturated heterocycles. The number of allylic oxidation sites excluding steroid dienone is 1. The van der Waals surface area contributed by atoms with Crippen LogP contribution in [0.4, 0.5) is 0 Å². The van der Waals surface area contributed by atoms with Gasteiger partial charge < -0.3 is 5.73 Å². The van der Waals surface area contributed by atoms with Crippen LogP contribution in [0, 0.1) is 0 Å². The van der Waals surface area contributed by atoms with Gasteiger partial charge in [0, 0.05) is 6.20 Å². The van der Waals surface area contributed by atoms with Crippen LogP contribution in [-0.2, 0) is 0 Å². The Morgan fingerprint density at radius 1 is 1.24 bits per heavy atom. The van der Waals surface area contributed by atoms with E-state index in [1.165, 1.54) is 31.3 Å². The maximum absolute atomic E-state index is 6.28. The molecule has 0 radical (unpaired) electrons. The first-order valence-electron chi connectivity index (χ1n) is 6.34. The van der Waals surface area contributed by atoms with E-state index in [0.29, 0.717) is 5.02 Å². The summed E-state index contributed by atoms with van der Waals surface area (Å²) in [4.78, 5) is 4.31. The standard InChI is InChI=1S/C14H19ClN2/c15-12-9-6-10-17-14(12)13(16)11-7-4-2-1-3-5-8-11/h6-7,9-10,13H,1-5,8,16H2/b11-7+. The van der Waals surface area contributed by atoms with Crippen molar-refractivity contribution in [2.45, 2.75) is 44.6 Å². The summed E-state index contributed by atoms with van der Waals surface area (Å²) in [6, 6.07) is 3.56. The SMILES string of the molecule is NC(/C1=C/CCCCCC1)c1ncccc1Cl. The number of hydrogen-bond donors (Lipinski definition) is 1. The van der Waals surface area contributed by atoms with Gasteiger partial charge in [-0.15, -0.1) is 0 Å². The third kappa shape index (κ3) is 3.30. The van der Waals surface area contributed by atoms with Crippen molar-refractivity contribution in [3.63, 3.8) is 0 Å². The molecular weight excluding hydrogens is 232 g/mol. The first kappa shape index (κ1) is 12.6. The highest BCUT2D eigenvalue weighted by Crippen LogP contribution is 2.29. The van der Waals surface area contributed by atoms with E-state index in [4.69, 9.17) is 17.3 Å². The highest BCUT2D eigenvalue weighted by Gasteiger charge is 2.16. The van der Waals surface area contributed by atoms with Crippen LogP contribution in [0.15, 0.2) is 30.0 Å². The zero-order valence-electron chi connectivity index (χ0n) is 10.0. The summed E-state index contributed by atoms with van der Waals surface area (Å²) in [7, 11) is 0. The van der Waals surface area contributed by atoms with E-state index in [9.17, 15) is 0 Å². The largest absolute Gasteiger partial charge is 0.319 e. The second-order valence-corrected chi connectivity index (χ2v) is 4.99. The topological polar surface area (TPSA) is 38.9 Å². The van der Waals surface area contributed by atoms with Gasteiger partial charge in [0.05, 0.1) is 16.8 Å². The number of halogens is 1. The molecule has 0 aliphatic heterocycles. The van der Waals surface area contributed by atoms with E-state index in [0.717, 1.165) is 18.5 Å². The lowest BCUT2D eigenvalue weighted by atomic mass is 9.93. The highest BCUT2D eigenvalue weighted by molar-refractivity contribution is 6.31. The number of aromatic nitrogens is 1. The molecule has 1 atom stereocenters. The molecule has 1 unspecified atom stereocenters. The van der Waals surface area contributed by atoms with Gasteiger partial charge in [-0.1, -0.05) is 36.1 Å². The third-order valence-corrected chi connectivity index (χ3v) is 3.63. The Balaban J connectivity index is 2.18. The van der Waals surface area contributed by atoms with Crippen LogP contribution in [0.3, 0.4) is 0 Å². The molecule has 0 amide bonds. The Kier molecular flexibility index (Phi) is 4.57. The van der Waals surface area contributed by atoms with E-state index in [1.807, 2.05) is 12.1 Å². The molecule has 2 nitrogen and oxygen atoms in total. The first-order chi connectivity index (χ1) is 8.29. The molecule has 0 aromatic carbocycles. The molecular formula is C14H19ClN2. The summed E-state index contributed by atoms with van der Waals surface area (Å²) in [6.45, 7) is 0. The van der Waals surface area contributed by atoms with Gasteiger partial charge in [0.15, 0.2) is 0 Å². The molecule has 0 bridgehead atoms. The Labute approximate surface area is 108 Å². The van der Waals surface area contributed by atoms with Gasteiger partial charge in [-0.2, -0.15) is 0 Å². The van der Waals surface area contributed by atoms with E-state index >= 15 is 0 Å². The van der Waals surface area contributed by atoms with Crippen LogP contribution < -0.4 is 5.73 Å². The second-order valence-electron chi connectivity index (χ2n) is 4.58.